The molecule has 1 saturated carbocycles. The first kappa shape index (κ1) is 35.6. The average Bonchev–Trinajstić information content (AvgIpc) is 3.69. The van der Waals surface area contributed by atoms with Gasteiger partial charge in [0, 0.05) is 31.0 Å². The van der Waals surface area contributed by atoms with Gasteiger partial charge in [-0.05, 0) is 55.5 Å². The number of amides is 2. The van der Waals surface area contributed by atoms with Crippen LogP contribution in [0.3, 0.4) is 0 Å². The lowest BCUT2D eigenvalue weighted by molar-refractivity contribution is -0.124. The first-order valence-electron chi connectivity index (χ1n) is 12.6. The SMILES string of the molecule is CCCCS(=O)(=O)C[C@@H](NC(=O)c1cccnc1)C(=O)N[C@@H](Cc1cc(F)cc(F)c1)[C@H](O)CNC1CC1.Cl.Cl. The van der Waals surface area contributed by atoms with Gasteiger partial charge in [-0.2, -0.15) is 0 Å². The van der Waals surface area contributed by atoms with Crippen LogP contribution in [0, 0.1) is 11.6 Å². The van der Waals surface area contributed by atoms with Crippen molar-refractivity contribution in [2.24, 2.45) is 0 Å². The topological polar surface area (TPSA) is 137 Å². The van der Waals surface area contributed by atoms with Crippen molar-refractivity contribution in [3.8, 4) is 0 Å². The zero-order chi connectivity index (χ0) is 27.7. The molecule has 1 aliphatic carbocycles. The minimum absolute atomic E-state index is 0. The summed E-state index contributed by atoms with van der Waals surface area (Å²) in [5.74, 6) is -3.95. The molecule has 14 heteroatoms. The molecule has 2 amide bonds. The standard InChI is InChI=1S/C26H34F2N4O5S.2ClH/c1-2-3-9-38(36,37)16-23(32-25(34)18-5-4-8-29-14-18)26(35)31-22(24(33)15-30-21-6-7-21)12-17-10-19(27)13-20(28)11-17;;/h4-5,8,10-11,13-14,21-24,30,33H,2-3,6-7,9,12,15-16H2,1H3,(H,31,35)(H,32,34);2*1H/t22-,23+,24+;;/m0../s1. The lowest BCUT2D eigenvalue weighted by Gasteiger charge is -2.27. The van der Waals surface area contributed by atoms with Gasteiger partial charge in [-0.3, -0.25) is 14.6 Å². The van der Waals surface area contributed by atoms with E-state index in [-0.39, 0.29) is 60.7 Å². The smallest absolute Gasteiger partial charge is 0.253 e. The van der Waals surface area contributed by atoms with Crippen LogP contribution in [0.5, 0.6) is 0 Å². The van der Waals surface area contributed by atoms with Crippen LogP contribution in [0.1, 0.15) is 48.5 Å². The summed E-state index contributed by atoms with van der Waals surface area (Å²) in [6, 6.07) is 3.67. The molecule has 40 heavy (non-hydrogen) atoms. The van der Waals surface area contributed by atoms with E-state index in [0.717, 1.165) is 25.0 Å². The van der Waals surface area contributed by atoms with E-state index in [4.69, 9.17) is 0 Å². The molecule has 4 N–H and O–H groups in total. The summed E-state index contributed by atoms with van der Waals surface area (Å²) in [7, 11) is -3.72. The second-order valence-corrected chi connectivity index (χ2v) is 11.8. The Balaban J connectivity index is 0.00000400. The first-order valence-corrected chi connectivity index (χ1v) is 14.5. The number of aliphatic hydroxyl groups is 1. The van der Waals surface area contributed by atoms with Crippen LogP contribution in [0.2, 0.25) is 0 Å². The second-order valence-electron chi connectivity index (χ2n) is 9.58. The van der Waals surface area contributed by atoms with Gasteiger partial charge in [0.1, 0.15) is 17.7 Å². The number of rotatable bonds is 15. The maximum atomic E-state index is 13.8. The maximum absolute atomic E-state index is 13.8. The molecular weight excluding hydrogens is 589 g/mol. The third kappa shape index (κ3) is 12.0. The number of carbonyl (C=O) groups excluding carboxylic acids is 2. The van der Waals surface area contributed by atoms with E-state index >= 15 is 0 Å². The number of unbranched alkanes of at least 4 members (excludes halogenated alkanes) is 1. The molecule has 3 atom stereocenters. The molecule has 224 valence electrons. The molecule has 1 heterocycles. The molecule has 0 unspecified atom stereocenters. The highest BCUT2D eigenvalue weighted by atomic mass is 35.5. The number of pyridine rings is 1. The van der Waals surface area contributed by atoms with Crippen molar-refractivity contribution in [1.82, 2.24) is 20.9 Å². The Bertz CT molecular complexity index is 1190. The van der Waals surface area contributed by atoms with E-state index in [1.165, 1.54) is 24.5 Å². The van der Waals surface area contributed by atoms with E-state index in [2.05, 4.69) is 20.9 Å². The van der Waals surface area contributed by atoms with Crippen LogP contribution in [0.25, 0.3) is 0 Å². The fraction of sp³-hybridized carbons (Fsp3) is 0.500. The van der Waals surface area contributed by atoms with Crippen molar-refractivity contribution >= 4 is 46.5 Å². The van der Waals surface area contributed by atoms with Crippen LogP contribution in [-0.2, 0) is 21.1 Å². The van der Waals surface area contributed by atoms with Crippen molar-refractivity contribution in [2.75, 3.05) is 18.1 Å². The Kier molecular flexibility index (Phi) is 15.0. The van der Waals surface area contributed by atoms with E-state index in [0.29, 0.717) is 18.9 Å². The van der Waals surface area contributed by atoms with Gasteiger partial charge < -0.3 is 21.1 Å². The average molecular weight is 626 g/mol. The van der Waals surface area contributed by atoms with Crippen LogP contribution >= 0.6 is 24.8 Å². The number of hydrogen-bond acceptors (Lipinski definition) is 7. The molecular formula is C26H36Cl2F2N4O5S. The Labute approximate surface area is 245 Å². The second kappa shape index (κ2) is 16.8. The Hall–Kier alpha value is -2.38. The first-order chi connectivity index (χ1) is 18.1. The molecule has 1 aromatic heterocycles. The summed E-state index contributed by atoms with van der Waals surface area (Å²) in [6.07, 6.45) is 4.40. The number of halogens is 4. The van der Waals surface area contributed by atoms with Crippen LogP contribution in [0.4, 0.5) is 8.78 Å². The maximum Gasteiger partial charge on any atom is 0.253 e. The summed E-state index contributed by atoms with van der Waals surface area (Å²) >= 11 is 0. The number of aromatic nitrogens is 1. The van der Waals surface area contributed by atoms with Gasteiger partial charge in [0.25, 0.3) is 5.91 Å². The largest absolute Gasteiger partial charge is 0.390 e. The van der Waals surface area contributed by atoms with Crippen molar-refractivity contribution < 1.29 is 31.9 Å². The fourth-order valence-electron chi connectivity index (χ4n) is 3.89. The molecule has 0 aliphatic heterocycles. The molecule has 0 saturated heterocycles. The Morgan fingerprint density at radius 2 is 1.80 bits per heavy atom. The quantitative estimate of drug-likeness (QED) is 0.239. The molecule has 1 aliphatic rings. The minimum Gasteiger partial charge on any atom is -0.390 e. The van der Waals surface area contributed by atoms with Crippen molar-refractivity contribution in [1.29, 1.82) is 0 Å². The normalized spacial score (nSPS) is 15.1. The zero-order valence-corrected chi connectivity index (χ0v) is 24.5. The number of sulfone groups is 1. The van der Waals surface area contributed by atoms with Gasteiger partial charge in [0.2, 0.25) is 5.91 Å². The van der Waals surface area contributed by atoms with Crippen LogP contribution in [-0.4, -0.2) is 72.6 Å². The highest BCUT2D eigenvalue weighted by molar-refractivity contribution is 7.91. The van der Waals surface area contributed by atoms with Crippen molar-refractivity contribution in [3.05, 3.63) is 65.5 Å². The number of benzene rings is 1. The number of nitrogens with zero attached hydrogens (tertiary/aromatic N) is 1. The third-order valence-corrected chi connectivity index (χ3v) is 7.89. The van der Waals surface area contributed by atoms with Crippen molar-refractivity contribution in [2.45, 2.75) is 63.3 Å². The van der Waals surface area contributed by atoms with Gasteiger partial charge in [0.05, 0.1) is 29.2 Å². The third-order valence-electron chi connectivity index (χ3n) is 6.14. The molecule has 9 nitrogen and oxygen atoms in total. The summed E-state index contributed by atoms with van der Waals surface area (Å²) < 4.78 is 53.0. The summed E-state index contributed by atoms with van der Waals surface area (Å²) in [6.45, 7) is 1.94. The Morgan fingerprint density at radius 1 is 1.12 bits per heavy atom. The molecule has 3 rings (SSSR count). The van der Waals surface area contributed by atoms with Gasteiger partial charge in [-0.1, -0.05) is 13.3 Å². The van der Waals surface area contributed by atoms with Crippen molar-refractivity contribution in [3.63, 3.8) is 0 Å². The highest BCUT2D eigenvalue weighted by Crippen LogP contribution is 2.19. The molecule has 0 radical (unpaired) electrons. The van der Waals surface area contributed by atoms with Gasteiger partial charge in [-0.15, -0.1) is 24.8 Å². The van der Waals surface area contributed by atoms with Gasteiger partial charge in [-0.25, -0.2) is 17.2 Å². The predicted molar refractivity (Wildman–Crippen MR) is 153 cm³/mol. The zero-order valence-electron chi connectivity index (χ0n) is 22.0. The molecule has 0 spiro atoms. The molecule has 2 aromatic rings. The lowest BCUT2D eigenvalue weighted by Crippen LogP contribution is -2.56. The highest BCUT2D eigenvalue weighted by Gasteiger charge is 2.32. The van der Waals surface area contributed by atoms with E-state index in [1.54, 1.807) is 0 Å². The van der Waals surface area contributed by atoms with Gasteiger partial charge in [0.15, 0.2) is 9.84 Å². The summed E-state index contributed by atoms with van der Waals surface area (Å²) in [5.41, 5.74) is 0.335. The molecule has 0 bridgehead atoms. The van der Waals surface area contributed by atoms with Crippen LogP contribution < -0.4 is 16.0 Å². The van der Waals surface area contributed by atoms with E-state index < -0.39 is 57.2 Å². The Morgan fingerprint density at radius 3 is 2.38 bits per heavy atom. The fourth-order valence-corrected chi connectivity index (χ4v) is 5.53. The number of carbonyl (C=O) groups is 2. The van der Waals surface area contributed by atoms with Gasteiger partial charge >= 0.3 is 0 Å². The number of nitrogens with one attached hydrogen (secondary N) is 3. The molecule has 1 fully saturated rings. The minimum atomic E-state index is -3.72. The molecule has 1 aromatic carbocycles. The summed E-state index contributed by atoms with van der Waals surface area (Å²) in [5, 5.41) is 19.1. The van der Waals surface area contributed by atoms with Crippen LogP contribution in [0.15, 0.2) is 42.7 Å². The summed E-state index contributed by atoms with van der Waals surface area (Å²) in [4.78, 5) is 30.0. The van der Waals surface area contributed by atoms with E-state index in [9.17, 15) is 31.9 Å². The monoisotopic (exact) mass is 624 g/mol. The number of hydrogen-bond donors (Lipinski definition) is 4. The predicted octanol–water partition coefficient (Wildman–Crippen LogP) is 2.36. The lowest BCUT2D eigenvalue weighted by atomic mass is 10.00. The van der Waals surface area contributed by atoms with E-state index in [1.807, 2.05) is 6.92 Å². The number of aliphatic hydroxyl groups excluding tert-OH is 1.